The monoisotopic (exact) mass is 466 g/mol. The summed E-state index contributed by atoms with van der Waals surface area (Å²) in [5.74, 6) is 0.667. The Morgan fingerprint density at radius 1 is 1.09 bits per heavy atom. The molecule has 6 nitrogen and oxygen atoms in total. The lowest BCUT2D eigenvalue weighted by molar-refractivity contribution is -0.0660. The number of carbonyl (C=O) groups excluding carboxylic acids is 1. The number of aromatic nitrogens is 1. The quantitative estimate of drug-likeness (QED) is 0.623. The maximum absolute atomic E-state index is 13.9. The first-order valence-electron chi connectivity index (χ1n) is 12.8. The van der Waals surface area contributed by atoms with E-state index < -0.39 is 0 Å². The normalized spacial score (nSPS) is 22.0. The molecule has 3 heterocycles. The molecular formula is C29H30N4O2. The van der Waals surface area contributed by atoms with E-state index in [9.17, 15) is 10.1 Å². The van der Waals surface area contributed by atoms with Crippen molar-refractivity contribution in [3.8, 4) is 6.07 Å². The van der Waals surface area contributed by atoms with Crippen LogP contribution in [0.5, 0.6) is 0 Å². The zero-order valence-corrected chi connectivity index (χ0v) is 20.4. The summed E-state index contributed by atoms with van der Waals surface area (Å²) in [5, 5.41) is 10.3. The standard InChI is InChI=1S/C29H30N4O2/c1-29(2)23-13-25(33-9-7-32(8-10-33)19-15-35-16-19)21(18-4-5-18)12-22(23)27(34)26-20-6-3-17(14-30)11-24(20)31-28(26)29/h3,6,11-13,18-19,31H,4-5,7-10,15-16H2,1-2H3. The topological polar surface area (TPSA) is 72.4 Å². The first kappa shape index (κ1) is 21.2. The van der Waals surface area contributed by atoms with Crippen LogP contribution in [0.25, 0.3) is 10.9 Å². The fourth-order valence-electron chi connectivity index (χ4n) is 6.31. The number of anilines is 1. The van der Waals surface area contributed by atoms with Crippen LogP contribution < -0.4 is 4.90 Å². The highest BCUT2D eigenvalue weighted by Gasteiger charge is 2.42. The number of nitriles is 1. The molecule has 0 bridgehead atoms. The number of hydrogen-bond donors (Lipinski definition) is 1. The van der Waals surface area contributed by atoms with E-state index in [1.807, 2.05) is 12.1 Å². The molecule has 3 fully saturated rings. The average molecular weight is 467 g/mol. The van der Waals surface area contributed by atoms with Crippen molar-refractivity contribution in [2.45, 2.75) is 44.1 Å². The predicted molar refractivity (Wildman–Crippen MR) is 135 cm³/mol. The van der Waals surface area contributed by atoms with Gasteiger partial charge < -0.3 is 14.6 Å². The van der Waals surface area contributed by atoms with Crippen LogP contribution in [0.3, 0.4) is 0 Å². The van der Waals surface area contributed by atoms with E-state index in [4.69, 9.17) is 4.74 Å². The summed E-state index contributed by atoms with van der Waals surface area (Å²) in [4.78, 5) is 22.6. The second-order valence-corrected chi connectivity index (χ2v) is 11.1. The molecule has 1 N–H and O–H groups in total. The minimum absolute atomic E-state index is 0.105. The number of H-pyrrole nitrogens is 1. The van der Waals surface area contributed by atoms with E-state index in [-0.39, 0.29) is 11.2 Å². The van der Waals surface area contributed by atoms with E-state index >= 15 is 0 Å². The third-order valence-electron chi connectivity index (χ3n) is 8.67. The molecule has 6 heteroatoms. The second kappa shape index (κ2) is 7.43. The number of ether oxygens (including phenoxy) is 1. The zero-order chi connectivity index (χ0) is 23.9. The molecule has 2 saturated heterocycles. The molecule has 0 atom stereocenters. The summed E-state index contributed by atoms with van der Waals surface area (Å²) >= 11 is 0. The summed E-state index contributed by atoms with van der Waals surface area (Å²) in [6, 6.07) is 12.9. The number of nitrogens with zero attached hydrogens (tertiary/aromatic N) is 3. The van der Waals surface area contributed by atoms with Gasteiger partial charge in [0, 0.05) is 59.4 Å². The second-order valence-electron chi connectivity index (χ2n) is 11.1. The molecule has 2 aromatic carbocycles. The van der Waals surface area contributed by atoms with Crippen molar-refractivity contribution in [1.82, 2.24) is 9.88 Å². The van der Waals surface area contributed by atoms with Crippen molar-refractivity contribution in [1.29, 1.82) is 5.26 Å². The summed E-state index contributed by atoms with van der Waals surface area (Å²) in [7, 11) is 0. The molecular weight excluding hydrogens is 436 g/mol. The molecule has 178 valence electrons. The number of rotatable bonds is 3. The highest BCUT2D eigenvalue weighted by atomic mass is 16.5. The molecule has 2 aliphatic heterocycles. The zero-order valence-electron chi connectivity index (χ0n) is 20.4. The van der Waals surface area contributed by atoms with E-state index in [2.05, 4.69) is 46.8 Å². The average Bonchev–Trinajstić information content (AvgIpc) is 3.60. The summed E-state index contributed by atoms with van der Waals surface area (Å²) in [5.41, 5.74) is 7.48. The van der Waals surface area contributed by atoms with Crippen molar-refractivity contribution in [2.24, 2.45) is 0 Å². The lowest BCUT2D eigenvalue weighted by atomic mass is 9.70. The van der Waals surface area contributed by atoms with Gasteiger partial charge in [-0.1, -0.05) is 19.9 Å². The Bertz CT molecular complexity index is 1410. The minimum atomic E-state index is -0.341. The van der Waals surface area contributed by atoms with Crippen molar-refractivity contribution in [3.63, 3.8) is 0 Å². The first-order valence-corrected chi connectivity index (χ1v) is 12.8. The largest absolute Gasteiger partial charge is 0.378 e. The highest BCUT2D eigenvalue weighted by molar-refractivity contribution is 6.20. The van der Waals surface area contributed by atoms with Crippen molar-refractivity contribution in [3.05, 3.63) is 63.8 Å². The Morgan fingerprint density at radius 2 is 1.86 bits per heavy atom. The van der Waals surface area contributed by atoms with Crippen LogP contribution in [0.2, 0.25) is 0 Å². The van der Waals surface area contributed by atoms with Crippen molar-refractivity contribution >= 4 is 22.4 Å². The number of fused-ring (bicyclic) bond motifs is 4. The minimum Gasteiger partial charge on any atom is -0.378 e. The van der Waals surface area contributed by atoms with Crippen LogP contribution in [0.15, 0.2) is 30.3 Å². The fraction of sp³-hybridized carbons (Fsp3) is 0.448. The van der Waals surface area contributed by atoms with Gasteiger partial charge in [-0.05, 0) is 54.2 Å². The molecule has 0 amide bonds. The van der Waals surface area contributed by atoms with Gasteiger partial charge >= 0.3 is 0 Å². The molecule has 0 spiro atoms. The number of piperazine rings is 1. The Kier molecular flexibility index (Phi) is 4.49. The molecule has 35 heavy (non-hydrogen) atoms. The number of ketones is 1. The van der Waals surface area contributed by atoms with Gasteiger partial charge in [-0.15, -0.1) is 0 Å². The number of hydrogen-bond acceptors (Lipinski definition) is 5. The van der Waals surface area contributed by atoms with Gasteiger partial charge in [-0.3, -0.25) is 9.69 Å². The van der Waals surface area contributed by atoms with Gasteiger partial charge in [0.2, 0.25) is 0 Å². The number of nitrogens with one attached hydrogen (secondary N) is 1. The molecule has 3 aromatic rings. The van der Waals surface area contributed by atoms with Gasteiger partial charge in [-0.25, -0.2) is 0 Å². The van der Waals surface area contributed by atoms with Crippen molar-refractivity contribution < 1.29 is 9.53 Å². The maximum atomic E-state index is 13.9. The molecule has 1 saturated carbocycles. The van der Waals surface area contributed by atoms with Crippen LogP contribution in [0, 0.1) is 11.3 Å². The molecule has 2 aliphatic carbocycles. The van der Waals surface area contributed by atoms with E-state index in [1.54, 1.807) is 6.07 Å². The third-order valence-corrected chi connectivity index (χ3v) is 8.67. The van der Waals surface area contributed by atoms with Gasteiger partial charge in [0.1, 0.15) is 0 Å². The maximum Gasteiger partial charge on any atom is 0.195 e. The fourth-order valence-corrected chi connectivity index (χ4v) is 6.31. The number of benzene rings is 2. The smallest absolute Gasteiger partial charge is 0.195 e. The van der Waals surface area contributed by atoms with Crippen LogP contribution in [0.1, 0.15) is 70.9 Å². The predicted octanol–water partition coefficient (Wildman–Crippen LogP) is 4.31. The highest BCUT2D eigenvalue weighted by Crippen LogP contribution is 2.50. The molecule has 0 unspecified atom stereocenters. The van der Waals surface area contributed by atoms with Gasteiger partial charge in [0.15, 0.2) is 5.78 Å². The van der Waals surface area contributed by atoms with Gasteiger partial charge in [0.05, 0.1) is 36.5 Å². The number of aromatic amines is 1. The van der Waals surface area contributed by atoms with Crippen LogP contribution in [0.4, 0.5) is 5.69 Å². The molecule has 0 radical (unpaired) electrons. The lowest BCUT2D eigenvalue weighted by Gasteiger charge is -2.44. The van der Waals surface area contributed by atoms with Crippen LogP contribution in [-0.2, 0) is 10.2 Å². The lowest BCUT2D eigenvalue weighted by Crippen LogP contribution is -2.56. The van der Waals surface area contributed by atoms with Gasteiger partial charge in [-0.2, -0.15) is 5.26 Å². The van der Waals surface area contributed by atoms with Crippen LogP contribution >= 0.6 is 0 Å². The first-order chi connectivity index (χ1) is 17.0. The summed E-state index contributed by atoms with van der Waals surface area (Å²) in [6.07, 6.45) is 2.41. The summed E-state index contributed by atoms with van der Waals surface area (Å²) in [6.45, 7) is 10.3. The van der Waals surface area contributed by atoms with E-state index in [0.717, 1.165) is 72.7 Å². The molecule has 7 rings (SSSR count). The SMILES string of the molecule is CC1(C)c2cc(N3CCN(C4COC4)CC3)c(C3CC3)cc2C(=O)c2c1[nH]c1cc(C#N)ccc21. The molecule has 1 aromatic heterocycles. The van der Waals surface area contributed by atoms with Gasteiger partial charge in [0.25, 0.3) is 0 Å². The number of carbonyl (C=O) groups is 1. The Balaban J connectivity index is 1.32. The Morgan fingerprint density at radius 3 is 2.51 bits per heavy atom. The summed E-state index contributed by atoms with van der Waals surface area (Å²) < 4.78 is 5.41. The van der Waals surface area contributed by atoms with E-state index in [0.29, 0.717) is 17.5 Å². The van der Waals surface area contributed by atoms with E-state index in [1.165, 1.54) is 24.1 Å². The third kappa shape index (κ3) is 3.11. The van der Waals surface area contributed by atoms with Crippen molar-refractivity contribution in [2.75, 3.05) is 44.3 Å². The Labute approximate surface area is 205 Å². The van der Waals surface area contributed by atoms with Crippen LogP contribution in [-0.4, -0.2) is 61.1 Å². The molecule has 4 aliphatic rings. The Hall–Kier alpha value is -3.14.